The zero-order chi connectivity index (χ0) is 14.9. The van der Waals surface area contributed by atoms with Gasteiger partial charge >= 0.3 is 5.97 Å². The zero-order valence-electron chi connectivity index (χ0n) is 11.0. The lowest BCUT2D eigenvalue weighted by Crippen LogP contribution is -2.57. The van der Waals surface area contributed by atoms with E-state index in [2.05, 4.69) is 0 Å². The number of carbonyl (C=O) groups excluding carboxylic acids is 1. The first-order chi connectivity index (χ1) is 9.38. The van der Waals surface area contributed by atoms with Crippen LogP contribution in [0.3, 0.4) is 0 Å². The summed E-state index contributed by atoms with van der Waals surface area (Å²) in [6, 6.07) is 4.78. The maximum atomic E-state index is 12.6. The highest BCUT2D eigenvalue weighted by molar-refractivity contribution is 6.43. The number of halogens is 2. The number of aliphatic carboxylic acids is 1. The molecule has 0 spiro atoms. The van der Waals surface area contributed by atoms with E-state index in [1.807, 2.05) is 0 Å². The highest BCUT2D eigenvalue weighted by atomic mass is 35.5. The van der Waals surface area contributed by atoms with Gasteiger partial charge in [-0.15, -0.1) is 0 Å². The third-order valence-corrected chi connectivity index (χ3v) is 4.60. The van der Waals surface area contributed by atoms with Crippen molar-refractivity contribution >= 4 is 35.1 Å². The molecule has 2 rings (SSSR count). The van der Waals surface area contributed by atoms with Crippen LogP contribution in [0.2, 0.25) is 10.0 Å². The molecule has 1 amide bonds. The first-order valence-electron chi connectivity index (χ1n) is 6.37. The summed E-state index contributed by atoms with van der Waals surface area (Å²) in [7, 11) is 0. The first-order valence-corrected chi connectivity index (χ1v) is 7.13. The molecule has 1 unspecified atom stereocenters. The third-order valence-electron chi connectivity index (χ3n) is 3.78. The Morgan fingerprint density at radius 1 is 1.30 bits per heavy atom. The van der Waals surface area contributed by atoms with E-state index in [-0.39, 0.29) is 21.5 Å². The average Bonchev–Trinajstić information content (AvgIpc) is 2.41. The molecule has 0 aromatic heterocycles. The van der Waals surface area contributed by atoms with Crippen LogP contribution >= 0.6 is 23.2 Å². The number of carboxylic acid groups (broad SMARTS) is 1. The van der Waals surface area contributed by atoms with Gasteiger partial charge < -0.3 is 10.0 Å². The van der Waals surface area contributed by atoms with Crippen LogP contribution in [-0.4, -0.2) is 34.0 Å². The van der Waals surface area contributed by atoms with Gasteiger partial charge in [0.05, 0.1) is 15.6 Å². The van der Waals surface area contributed by atoms with Crippen LogP contribution in [0.5, 0.6) is 0 Å². The maximum Gasteiger partial charge on any atom is 0.329 e. The van der Waals surface area contributed by atoms with Crippen LogP contribution in [0.4, 0.5) is 0 Å². The first kappa shape index (κ1) is 15.1. The molecule has 1 atom stereocenters. The summed E-state index contributed by atoms with van der Waals surface area (Å²) in [6.45, 7) is 1.98. The van der Waals surface area contributed by atoms with E-state index in [9.17, 15) is 14.7 Å². The third kappa shape index (κ3) is 2.50. The van der Waals surface area contributed by atoms with Gasteiger partial charge in [0.2, 0.25) is 0 Å². The molecule has 0 bridgehead atoms. The number of likely N-dealkylation sites (tertiary alicyclic amines) is 1. The molecule has 1 N–H and O–H groups in total. The van der Waals surface area contributed by atoms with Crippen molar-refractivity contribution in [3.8, 4) is 0 Å². The van der Waals surface area contributed by atoms with Crippen LogP contribution in [-0.2, 0) is 4.79 Å². The molecule has 0 saturated carbocycles. The maximum absolute atomic E-state index is 12.6. The van der Waals surface area contributed by atoms with Crippen LogP contribution in [0.1, 0.15) is 36.5 Å². The Kier molecular flexibility index (Phi) is 4.25. The molecule has 20 heavy (non-hydrogen) atoms. The second-order valence-electron chi connectivity index (χ2n) is 5.09. The Bertz CT molecular complexity index is 561. The molecule has 4 nitrogen and oxygen atoms in total. The second-order valence-corrected chi connectivity index (χ2v) is 5.88. The predicted molar refractivity (Wildman–Crippen MR) is 77.4 cm³/mol. The summed E-state index contributed by atoms with van der Waals surface area (Å²) in [5.74, 6) is -1.38. The fourth-order valence-corrected chi connectivity index (χ4v) is 2.86. The van der Waals surface area contributed by atoms with Gasteiger partial charge in [-0.25, -0.2) is 4.79 Å². The molecule has 1 aromatic carbocycles. The van der Waals surface area contributed by atoms with Crippen LogP contribution in [0.15, 0.2) is 18.2 Å². The number of amides is 1. The Morgan fingerprint density at radius 3 is 2.65 bits per heavy atom. The molecule has 1 heterocycles. The van der Waals surface area contributed by atoms with Crippen molar-refractivity contribution in [2.24, 2.45) is 0 Å². The van der Waals surface area contributed by atoms with E-state index in [1.165, 1.54) is 4.90 Å². The number of carbonyl (C=O) groups is 2. The SMILES string of the molecule is CC1(C(=O)O)CCCCN1C(=O)c1cccc(Cl)c1Cl. The fourth-order valence-electron chi connectivity index (χ4n) is 2.48. The van der Waals surface area contributed by atoms with Crippen molar-refractivity contribution in [3.05, 3.63) is 33.8 Å². The van der Waals surface area contributed by atoms with E-state index in [4.69, 9.17) is 23.2 Å². The molecule has 1 aliphatic rings. The highest BCUT2D eigenvalue weighted by Crippen LogP contribution is 2.33. The summed E-state index contributed by atoms with van der Waals surface area (Å²) in [4.78, 5) is 25.5. The smallest absolute Gasteiger partial charge is 0.329 e. The van der Waals surface area contributed by atoms with Gasteiger partial charge in [-0.05, 0) is 38.3 Å². The van der Waals surface area contributed by atoms with Gasteiger partial charge in [0, 0.05) is 6.54 Å². The molecule has 1 saturated heterocycles. The van der Waals surface area contributed by atoms with Gasteiger partial charge in [-0.3, -0.25) is 4.79 Å². The van der Waals surface area contributed by atoms with Gasteiger partial charge in [0.25, 0.3) is 5.91 Å². The molecule has 1 aliphatic heterocycles. The van der Waals surface area contributed by atoms with Gasteiger partial charge in [-0.2, -0.15) is 0 Å². The van der Waals surface area contributed by atoms with Gasteiger partial charge in [-0.1, -0.05) is 29.3 Å². The molecule has 0 radical (unpaired) electrons. The summed E-state index contributed by atoms with van der Waals surface area (Å²) in [6.07, 6.45) is 2.01. The molecule has 1 fully saturated rings. The topological polar surface area (TPSA) is 57.6 Å². The number of benzene rings is 1. The molecular weight excluding hydrogens is 301 g/mol. The summed E-state index contributed by atoms with van der Waals surface area (Å²) >= 11 is 12.0. The van der Waals surface area contributed by atoms with Crippen LogP contribution in [0.25, 0.3) is 0 Å². The Labute approximate surface area is 127 Å². The largest absolute Gasteiger partial charge is 0.480 e. The number of nitrogens with zero attached hydrogens (tertiary/aromatic N) is 1. The van der Waals surface area contributed by atoms with Crippen LogP contribution < -0.4 is 0 Å². The summed E-state index contributed by atoms with van der Waals surface area (Å²) < 4.78 is 0. The number of hydrogen-bond acceptors (Lipinski definition) is 2. The quantitative estimate of drug-likeness (QED) is 0.909. The van der Waals surface area contributed by atoms with Crippen molar-refractivity contribution in [1.82, 2.24) is 4.90 Å². The van der Waals surface area contributed by atoms with Gasteiger partial charge in [0.1, 0.15) is 5.54 Å². The minimum Gasteiger partial charge on any atom is -0.480 e. The summed E-state index contributed by atoms with van der Waals surface area (Å²) in [5, 5.41) is 9.88. The van der Waals surface area contributed by atoms with Crippen molar-refractivity contribution < 1.29 is 14.7 Å². The molecule has 6 heteroatoms. The van der Waals surface area contributed by atoms with Crippen molar-refractivity contribution in [2.45, 2.75) is 31.7 Å². The van der Waals surface area contributed by atoms with E-state index < -0.39 is 11.5 Å². The summed E-state index contributed by atoms with van der Waals surface area (Å²) in [5.41, 5.74) is -0.949. The lowest BCUT2D eigenvalue weighted by molar-refractivity contribution is -0.150. The van der Waals surface area contributed by atoms with Gasteiger partial charge in [0.15, 0.2) is 0 Å². The lowest BCUT2D eigenvalue weighted by Gasteiger charge is -2.41. The van der Waals surface area contributed by atoms with Crippen molar-refractivity contribution in [3.63, 3.8) is 0 Å². The Hall–Kier alpha value is -1.26. The van der Waals surface area contributed by atoms with Crippen molar-refractivity contribution in [2.75, 3.05) is 6.54 Å². The normalized spacial score (nSPS) is 22.6. The number of carboxylic acids is 1. The van der Waals surface area contributed by atoms with Crippen LogP contribution in [0, 0.1) is 0 Å². The molecule has 108 valence electrons. The predicted octanol–water partition coefficient (Wildman–Crippen LogP) is 3.46. The zero-order valence-corrected chi connectivity index (χ0v) is 12.5. The number of rotatable bonds is 2. The highest BCUT2D eigenvalue weighted by Gasteiger charge is 2.44. The second kappa shape index (κ2) is 5.62. The lowest BCUT2D eigenvalue weighted by atomic mass is 9.88. The Balaban J connectivity index is 2.40. The molecule has 0 aliphatic carbocycles. The molecular formula is C14H15Cl2NO3. The average molecular weight is 316 g/mol. The standard InChI is InChI=1S/C14H15Cl2NO3/c1-14(13(19)20)7-2-3-8-17(14)12(18)9-5-4-6-10(15)11(9)16/h4-6H,2-3,7-8H2,1H3,(H,19,20). The minimum atomic E-state index is -1.19. The fraction of sp³-hybridized carbons (Fsp3) is 0.429. The molecule has 1 aromatic rings. The van der Waals surface area contributed by atoms with E-state index in [0.717, 1.165) is 12.8 Å². The number of hydrogen-bond donors (Lipinski definition) is 1. The van der Waals surface area contributed by atoms with E-state index >= 15 is 0 Å². The van der Waals surface area contributed by atoms with E-state index in [0.29, 0.717) is 13.0 Å². The van der Waals surface area contributed by atoms with E-state index in [1.54, 1.807) is 25.1 Å². The van der Waals surface area contributed by atoms with Crippen molar-refractivity contribution in [1.29, 1.82) is 0 Å². The minimum absolute atomic E-state index is 0.164. The monoisotopic (exact) mass is 315 g/mol. The Morgan fingerprint density at radius 2 is 2.00 bits per heavy atom. The number of piperidine rings is 1.